The summed E-state index contributed by atoms with van der Waals surface area (Å²) in [5.41, 5.74) is 3.16. The van der Waals surface area contributed by atoms with E-state index in [1.807, 2.05) is 0 Å². The number of benzene rings is 2. The van der Waals surface area contributed by atoms with E-state index in [4.69, 9.17) is 27.9 Å². The summed E-state index contributed by atoms with van der Waals surface area (Å²) in [5.74, 6) is -0.265. The van der Waals surface area contributed by atoms with Crippen molar-refractivity contribution in [3.63, 3.8) is 0 Å². The van der Waals surface area contributed by atoms with Gasteiger partial charge in [0.1, 0.15) is 5.75 Å². The molecule has 148 valence electrons. The van der Waals surface area contributed by atoms with Crippen molar-refractivity contribution in [2.45, 2.75) is 13.3 Å². The van der Waals surface area contributed by atoms with Crippen LogP contribution in [0.4, 0.5) is 5.69 Å². The van der Waals surface area contributed by atoms with Crippen LogP contribution in [0.1, 0.15) is 13.3 Å². The van der Waals surface area contributed by atoms with Crippen LogP contribution in [0.15, 0.2) is 50.4 Å². The second-order valence-electron chi connectivity index (χ2n) is 5.57. The molecule has 0 spiro atoms. The molecule has 6 nitrogen and oxygen atoms in total. The highest BCUT2D eigenvalue weighted by Gasteiger charge is 2.10. The first-order chi connectivity index (χ1) is 13.3. The fraction of sp³-hybridized carbons (Fsp3) is 0.167. The minimum Gasteiger partial charge on any atom is -0.483 e. The number of nitrogens with zero attached hydrogens (tertiary/aromatic N) is 1. The average Bonchev–Trinajstić information content (AvgIpc) is 2.63. The van der Waals surface area contributed by atoms with E-state index in [-0.39, 0.29) is 24.0 Å². The molecule has 2 amide bonds. The Bertz CT molecular complexity index is 923. The Labute approximate surface area is 188 Å². The maximum Gasteiger partial charge on any atom is 0.277 e. The topological polar surface area (TPSA) is 79.8 Å². The smallest absolute Gasteiger partial charge is 0.277 e. The predicted molar refractivity (Wildman–Crippen MR) is 118 cm³/mol. The number of rotatable bonds is 7. The van der Waals surface area contributed by atoms with Crippen LogP contribution in [-0.2, 0) is 9.59 Å². The van der Waals surface area contributed by atoms with Gasteiger partial charge in [-0.2, -0.15) is 5.10 Å². The first kappa shape index (κ1) is 22.7. The molecule has 0 unspecified atom stereocenters. The van der Waals surface area contributed by atoms with Gasteiger partial charge in [-0.05, 0) is 53.2 Å². The van der Waals surface area contributed by atoms with Gasteiger partial charge in [0.25, 0.3) is 5.91 Å². The van der Waals surface area contributed by atoms with Crippen molar-refractivity contribution in [3.05, 3.63) is 55.4 Å². The number of hydrogen-bond acceptors (Lipinski definition) is 4. The van der Waals surface area contributed by atoms with Gasteiger partial charge >= 0.3 is 0 Å². The van der Waals surface area contributed by atoms with Crippen LogP contribution in [0.25, 0.3) is 0 Å². The molecule has 2 N–H and O–H groups in total. The molecule has 0 aliphatic rings. The molecule has 0 aliphatic heterocycles. The number of carbonyl (C=O) groups is 2. The lowest BCUT2D eigenvalue weighted by Crippen LogP contribution is -2.26. The van der Waals surface area contributed by atoms with Crippen LogP contribution in [0.2, 0.25) is 10.0 Å². The molecule has 2 aromatic rings. The van der Waals surface area contributed by atoms with Crippen LogP contribution in [-0.4, -0.2) is 24.1 Å². The van der Waals surface area contributed by atoms with Crippen LogP contribution < -0.4 is 15.5 Å². The Kier molecular flexibility index (Phi) is 8.75. The van der Waals surface area contributed by atoms with Gasteiger partial charge in [-0.15, -0.1) is 0 Å². The van der Waals surface area contributed by atoms with E-state index in [9.17, 15) is 9.59 Å². The Hall–Kier alpha value is -1.61. The van der Waals surface area contributed by atoms with E-state index >= 15 is 0 Å². The highest BCUT2D eigenvalue weighted by Crippen LogP contribution is 2.29. The fourth-order valence-electron chi connectivity index (χ4n) is 1.99. The van der Waals surface area contributed by atoms with Gasteiger partial charge in [0.2, 0.25) is 5.91 Å². The van der Waals surface area contributed by atoms with Crippen LogP contribution in [0.5, 0.6) is 5.75 Å². The van der Waals surface area contributed by atoms with E-state index in [2.05, 4.69) is 47.7 Å². The van der Waals surface area contributed by atoms with Crippen LogP contribution in [0, 0.1) is 0 Å². The van der Waals surface area contributed by atoms with Crippen molar-refractivity contribution < 1.29 is 14.3 Å². The maximum absolute atomic E-state index is 12.1. The summed E-state index contributed by atoms with van der Waals surface area (Å²) in [7, 11) is 0. The highest BCUT2D eigenvalue weighted by atomic mass is 79.9. The molecule has 2 aromatic carbocycles. The number of carbonyl (C=O) groups excluding carboxylic acids is 2. The van der Waals surface area contributed by atoms with E-state index in [1.165, 1.54) is 0 Å². The minimum atomic E-state index is -0.451. The summed E-state index contributed by atoms with van der Waals surface area (Å²) in [5, 5.41) is 7.14. The summed E-state index contributed by atoms with van der Waals surface area (Å²) in [6.45, 7) is 1.40. The van der Waals surface area contributed by atoms with Crippen molar-refractivity contribution in [2.75, 3.05) is 11.9 Å². The number of halogens is 4. The minimum absolute atomic E-state index is 0.0256. The number of anilines is 1. The van der Waals surface area contributed by atoms with Crippen molar-refractivity contribution in [1.29, 1.82) is 0 Å². The lowest BCUT2D eigenvalue weighted by Gasteiger charge is -2.09. The van der Waals surface area contributed by atoms with Gasteiger partial charge in [-0.25, -0.2) is 5.43 Å². The molecular weight excluding hydrogens is 537 g/mol. The maximum atomic E-state index is 12.1. The lowest BCUT2D eigenvalue weighted by atomic mass is 10.2. The van der Waals surface area contributed by atoms with Gasteiger partial charge in [-0.3, -0.25) is 9.59 Å². The van der Waals surface area contributed by atoms with Gasteiger partial charge in [-0.1, -0.05) is 45.2 Å². The van der Waals surface area contributed by atoms with Gasteiger partial charge in [0, 0.05) is 10.2 Å². The Morgan fingerprint density at radius 3 is 2.61 bits per heavy atom. The molecule has 0 saturated heterocycles. The van der Waals surface area contributed by atoms with Crippen molar-refractivity contribution in [2.24, 2.45) is 5.10 Å². The second kappa shape index (κ2) is 10.8. The molecule has 10 heteroatoms. The summed E-state index contributed by atoms with van der Waals surface area (Å²) in [6.07, 6.45) is -0.0256. The number of nitrogens with one attached hydrogen (secondary N) is 2. The molecule has 0 atom stereocenters. The third-order valence-electron chi connectivity index (χ3n) is 3.27. The summed E-state index contributed by atoms with van der Waals surface area (Å²) < 4.78 is 7.01. The summed E-state index contributed by atoms with van der Waals surface area (Å²) in [4.78, 5) is 23.9. The standard InChI is InChI=1S/C18H15Br2Cl2N3O3/c1-10(7-16(26)23-14-4-2-3-13(21)18(14)22)24-25-17(27)9-28-15-6-5-11(19)8-12(15)20/h2-6,8H,7,9H2,1H3,(H,23,26)(H,25,27)/b24-10-. The van der Waals surface area contributed by atoms with Gasteiger partial charge in [0.15, 0.2) is 6.61 Å². The molecule has 2 rings (SSSR count). The fourth-order valence-corrected chi connectivity index (χ4v) is 3.50. The van der Waals surface area contributed by atoms with E-state index < -0.39 is 5.91 Å². The molecule has 0 heterocycles. The third-order valence-corrected chi connectivity index (χ3v) is 5.20. The number of amides is 2. The molecule has 0 aromatic heterocycles. The van der Waals surface area contributed by atoms with E-state index in [1.54, 1.807) is 43.3 Å². The average molecular weight is 552 g/mol. The van der Waals surface area contributed by atoms with Gasteiger partial charge < -0.3 is 10.1 Å². The van der Waals surface area contributed by atoms with Gasteiger partial charge in [0.05, 0.1) is 26.6 Å². The Morgan fingerprint density at radius 2 is 1.89 bits per heavy atom. The Balaban J connectivity index is 1.81. The molecular formula is C18H15Br2Cl2N3O3. The molecule has 0 saturated carbocycles. The zero-order chi connectivity index (χ0) is 20.7. The van der Waals surface area contributed by atoms with Crippen molar-refractivity contribution in [1.82, 2.24) is 5.43 Å². The number of hydrazone groups is 1. The van der Waals surface area contributed by atoms with Crippen molar-refractivity contribution >= 4 is 78.3 Å². The molecule has 0 bridgehead atoms. The third kappa shape index (κ3) is 7.09. The first-order valence-electron chi connectivity index (χ1n) is 7.90. The monoisotopic (exact) mass is 549 g/mol. The normalized spacial score (nSPS) is 11.1. The SMILES string of the molecule is C/C(CC(=O)Nc1cccc(Cl)c1Cl)=N/NC(=O)COc1ccc(Br)cc1Br. The summed E-state index contributed by atoms with van der Waals surface area (Å²) >= 11 is 18.6. The predicted octanol–water partition coefficient (Wildman–Crippen LogP) is 5.42. The largest absolute Gasteiger partial charge is 0.483 e. The zero-order valence-corrected chi connectivity index (χ0v) is 19.2. The molecule has 0 aliphatic carbocycles. The number of hydrogen-bond donors (Lipinski definition) is 2. The number of ether oxygens (including phenoxy) is 1. The van der Waals surface area contributed by atoms with Crippen LogP contribution >= 0.6 is 55.1 Å². The lowest BCUT2D eigenvalue weighted by molar-refractivity contribution is -0.123. The second-order valence-corrected chi connectivity index (χ2v) is 8.13. The summed E-state index contributed by atoms with van der Waals surface area (Å²) in [6, 6.07) is 10.3. The van der Waals surface area contributed by atoms with E-state index in [0.717, 1.165) is 4.47 Å². The molecule has 28 heavy (non-hydrogen) atoms. The zero-order valence-electron chi connectivity index (χ0n) is 14.6. The molecule has 0 fully saturated rings. The highest BCUT2D eigenvalue weighted by molar-refractivity contribution is 9.11. The Morgan fingerprint density at radius 1 is 1.14 bits per heavy atom. The van der Waals surface area contributed by atoms with Crippen molar-refractivity contribution in [3.8, 4) is 5.75 Å². The first-order valence-corrected chi connectivity index (χ1v) is 10.2. The van der Waals surface area contributed by atoms with E-state index in [0.29, 0.717) is 26.6 Å². The molecule has 0 radical (unpaired) electrons. The quantitative estimate of drug-likeness (QED) is 0.356. The van der Waals surface area contributed by atoms with Crippen LogP contribution in [0.3, 0.4) is 0 Å².